The summed E-state index contributed by atoms with van der Waals surface area (Å²) in [5, 5.41) is 16.5. The highest BCUT2D eigenvalue weighted by atomic mass is 16.3. The number of amides is 1. The van der Waals surface area contributed by atoms with Crippen molar-refractivity contribution in [1.82, 2.24) is 25.1 Å². The lowest BCUT2D eigenvalue weighted by Crippen LogP contribution is -2.42. The Kier molecular flexibility index (Phi) is 4.43. The Labute approximate surface area is 128 Å². The van der Waals surface area contributed by atoms with Crippen molar-refractivity contribution >= 4 is 5.91 Å². The average Bonchev–Trinajstić information content (AvgIpc) is 3.02. The fourth-order valence-electron chi connectivity index (χ4n) is 2.71. The van der Waals surface area contributed by atoms with E-state index in [1.807, 2.05) is 18.2 Å². The van der Waals surface area contributed by atoms with Crippen LogP contribution in [0.1, 0.15) is 31.0 Å². The molecule has 0 radical (unpaired) electrons. The SMILES string of the molecule is O=C(CCn1cncn1)NC(c1ccccn1)C1CC(O)C1. The molecule has 1 unspecified atom stereocenters. The summed E-state index contributed by atoms with van der Waals surface area (Å²) in [6.07, 6.45) is 6.23. The summed E-state index contributed by atoms with van der Waals surface area (Å²) < 4.78 is 1.63. The number of aliphatic hydroxyl groups excluding tert-OH is 1. The molecule has 1 saturated carbocycles. The lowest BCUT2D eigenvalue weighted by Gasteiger charge is -2.37. The zero-order valence-corrected chi connectivity index (χ0v) is 12.2. The van der Waals surface area contributed by atoms with Crippen molar-refractivity contribution in [1.29, 1.82) is 0 Å². The quantitative estimate of drug-likeness (QED) is 0.819. The molecule has 2 N–H and O–H groups in total. The molecule has 1 atom stereocenters. The van der Waals surface area contributed by atoms with E-state index in [0.717, 1.165) is 5.69 Å². The first kappa shape index (κ1) is 14.6. The minimum Gasteiger partial charge on any atom is -0.393 e. The minimum atomic E-state index is -0.261. The van der Waals surface area contributed by atoms with Gasteiger partial charge in [-0.25, -0.2) is 4.98 Å². The third kappa shape index (κ3) is 3.48. The summed E-state index contributed by atoms with van der Waals surface area (Å²) in [7, 11) is 0. The summed E-state index contributed by atoms with van der Waals surface area (Å²) in [4.78, 5) is 20.4. The molecule has 1 aliphatic rings. The maximum absolute atomic E-state index is 12.2. The minimum absolute atomic E-state index is 0.0486. The van der Waals surface area contributed by atoms with Crippen LogP contribution in [0.2, 0.25) is 0 Å². The Hall–Kier alpha value is -2.28. The zero-order chi connectivity index (χ0) is 15.4. The molecule has 3 rings (SSSR count). The molecule has 0 saturated heterocycles. The number of nitrogens with zero attached hydrogens (tertiary/aromatic N) is 4. The van der Waals surface area contributed by atoms with E-state index in [1.54, 1.807) is 17.2 Å². The summed E-state index contributed by atoms with van der Waals surface area (Å²) in [6.45, 7) is 0.494. The van der Waals surface area contributed by atoms with E-state index in [-0.39, 0.29) is 24.0 Å². The summed E-state index contributed by atoms with van der Waals surface area (Å²) >= 11 is 0. The van der Waals surface area contributed by atoms with Gasteiger partial charge in [-0.2, -0.15) is 5.10 Å². The zero-order valence-electron chi connectivity index (χ0n) is 12.2. The molecule has 1 amide bonds. The number of aliphatic hydroxyl groups is 1. The Morgan fingerprint density at radius 2 is 2.32 bits per heavy atom. The number of pyridine rings is 1. The van der Waals surface area contributed by atoms with E-state index in [4.69, 9.17) is 0 Å². The van der Waals surface area contributed by atoms with Gasteiger partial charge in [0.25, 0.3) is 0 Å². The Morgan fingerprint density at radius 1 is 1.45 bits per heavy atom. The Morgan fingerprint density at radius 3 is 2.95 bits per heavy atom. The van der Waals surface area contributed by atoms with Crippen LogP contribution in [0, 0.1) is 5.92 Å². The van der Waals surface area contributed by atoms with Crippen molar-refractivity contribution in [3.63, 3.8) is 0 Å². The third-order valence-corrected chi connectivity index (χ3v) is 3.98. The number of hydrogen-bond donors (Lipinski definition) is 2. The number of carbonyl (C=O) groups excluding carboxylic acids is 1. The Bertz CT molecular complexity index is 596. The van der Waals surface area contributed by atoms with Gasteiger partial charge in [0.2, 0.25) is 5.91 Å². The molecule has 0 aliphatic heterocycles. The van der Waals surface area contributed by atoms with Crippen LogP contribution in [-0.4, -0.2) is 36.9 Å². The highest BCUT2D eigenvalue weighted by Crippen LogP contribution is 2.37. The van der Waals surface area contributed by atoms with Crippen LogP contribution < -0.4 is 5.32 Å². The highest BCUT2D eigenvalue weighted by molar-refractivity contribution is 5.76. The molecule has 0 spiro atoms. The van der Waals surface area contributed by atoms with Crippen LogP contribution >= 0.6 is 0 Å². The standard InChI is InChI=1S/C15H19N5O2/c21-12-7-11(8-12)15(13-3-1-2-5-17-13)19-14(22)4-6-20-10-16-9-18-20/h1-3,5,9-12,15,21H,4,6-8H2,(H,19,22). The third-order valence-electron chi connectivity index (χ3n) is 3.98. The maximum atomic E-state index is 12.2. The predicted molar refractivity (Wildman–Crippen MR) is 78.5 cm³/mol. The normalized spacial score (nSPS) is 21.9. The van der Waals surface area contributed by atoms with Crippen LogP contribution in [0.25, 0.3) is 0 Å². The number of carbonyl (C=O) groups is 1. The number of hydrogen-bond acceptors (Lipinski definition) is 5. The molecule has 22 heavy (non-hydrogen) atoms. The smallest absolute Gasteiger partial charge is 0.222 e. The molecule has 0 aromatic carbocycles. The van der Waals surface area contributed by atoms with Crippen molar-refractivity contribution in [2.24, 2.45) is 5.92 Å². The largest absolute Gasteiger partial charge is 0.393 e. The van der Waals surface area contributed by atoms with Crippen molar-refractivity contribution < 1.29 is 9.90 Å². The molecular weight excluding hydrogens is 282 g/mol. The van der Waals surface area contributed by atoms with Gasteiger partial charge in [0.15, 0.2) is 0 Å². The predicted octanol–water partition coefficient (Wildman–Crippen LogP) is 0.692. The van der Waals surface area contributed by atoms with Crippen molar-refractivity contribution in [3.8, 4) is 0 Å². The molecule has 2 aromatic heterocycles. The topological polar surface area (TPSA) is 92.9 Å². The van der Waals surface area contributed by atoms with Crippen molar-refractivity contribution in [2.45, 2.75) is 38.0 Å². The average molecular weight is 301 g/mol. The van der Waals surface area contributed by atoms with E-state index in [0.29, 0.717) is 25.8 Å². The lowest BCUT2D eigenvalue weighted by molar-refractivity contribution is -0.123. The monoisotopic (exact) mass is 301 g/mol. The molecule has 0 bridgehead atoms. The van der Waals surface area contributed by atoms with E-state index in [2.05, 4.69) is 20.4 Å². The second kappa shape index (κ2) is 6.65. The first-order chi connectivity index (χ1) is 10.7. The van der Waals surface area contributed by atoms with Crippen LogP contribution in [0.15, 0.2) is 37.1 Å². The summed E-state index contributed by atoms with van der Waals surface area (Å²) in [5.41, 5.74) is 0.841. The number of nitrogens with one attached hydrogen (secondary N) is 1. The first-order valence-electron chi connectivity index (χ1n) is 7.43. The number of aryl methyl sites for hydroxylation is 1. The van der Waals surface area contributed by atoms with Gasteiger partial charge in [-0.05, 0) is 30.9 Å². The van der Waals surface area contributed by atoms with Crippen molar-refractivity contribution in [3.05, 3.63) is 42.7 Å². The van der Waals surface area contributed by atoms with E-state index < -0.39 is 0 Å². The van der Waals surface area contributed by atoms with E-state index in [9.17, 15) is 9.90 Å². The van der Waals surface area contributed by atoms with Gasteiger partial charge in [-0.15, -0.1) is 0 Å². The molecule has 116 valence electrons. The molecule has 7 heteroatoms. The number of aromatic nitrogens is 4. The van der Waals surface area contributed by atoms with Crippen molar-refractivity contribution in [2.75, 3.05) is 0 Å². The molecule has 1 fully saturated rings. The lowest BCUT2D eigenvalue weighted by atomic mass is 9.76. The number of rotatable bonds is 6. The molecular formula is C15H19N5O2. The fourth-order valence-corrected chi connectivity index (χ4v) is 2.71. The van der Waals surface area contributed by atoms with E-state index in [1.165, 1.54) is 6.33 Å². The molecule has 7 nitrogen and oxygen atoms in total. The van der Waals surface area contributed by atoms with Crippen LogP contribution in [0.3, 0.4) is 0 Å². The van der Waals surface area contributed by atoms with Crippen LogP contribution in [0.4, 0.5) is 0 Å². The fraction of sp³-hybridized carbons (Fsp3) is 0.467. The van der Waals surface area contributed by atoms with Gasteiger partial charge in [0.05, 0.1) is 24.4 Å². The first-order valence-corrected chi connectivity index (χ1v) is 7.43. The van der Waals surface area contributed by atoms with E-state index >= 15 is 0 Å². The van der Waals surface area contributed by atoms with Crippen LogP contribution in [-0.2, 0) is 11.3 Å². The van der Waals surface area contributed by atoms with Gasteiger partial charge < -0.3 is 10.4 Å². The van der Waals surface area contributed by atoms with Gasteiger partial charge in [0.1, 0.15) is 12.7 Å². The second-order valence-electron chi connectivity index (χ2n) is 5.59. The van der Waals surface area contributed by atoms with Gasteiger partial charge in [-0.1, -0.05) is 6.07 Å². The maximum Gasteiger partial charge on any atom is 0.222 e. The summed E-state index contributed by atoms with van der Waals surface area (Å²) in [6, 6.07) is 5.52. The molecule has 1 aliphatic carbocycles. The van der Waals surface area contributed by atoms with Gasteiger partial charge in [0, 0.05) is 12.6 Å². The highest BCUT2D eigenvalue weighted by Gasteiger charge is 2.36. The molecule has 2 aromatic rings. The molecule has 2 heterocycles. The Balaban J connectivity index is 1.61. The van der Waals surface area contributed by atoms with Gasteiger partial charge >= 0.3 is 0 Å². The van der Waals surface area contributed by atoms with Crippen LogP contribution in [0.5, 0.6) is 0 Å². The second-order valence-corrected chi connectivity index (χ2v) is 5.59. The van der Waals surface area contributed by atoms with Gasteiger partial charge in [-0.3, -0.25) is 14.5 Å². The summed E-state index contributed by atoms with van der Waals surface area (Å²) in [5.74, 6) is 0.188.